The third-order valence-electron chi connectivity index (χ3n) is 3.09. The minimum absolute atomic E-state index is 0.00746. The van der Waals surface area contributed by atoms with E-state index < -0.39 is 17.8 Å². The summed E-state index contributed by atoms with van der Waals surface area (Å²) in [4.78, 5) is 11.6. The van der Waals surface area contributed by atoms with Crippen LogP contribution in [0.15, 0.2) is 24.3 Å². The molecule has 0 spiro atoms. The van der Waals surface area contributed by atoms with Crippen molar-refractivity contribution in [2.75, 3.05) is 26.7 Å². The Morgan fingerprint density at radius 3 is 2.39 bits per heavy atom. The molecule has 1 amide bonds. The normalized spacial score (nSPS) is 14.2. The number of alkyl halides is 3. The van der Waals surface area contributed by atoms with Gasteiger partial charge in [0.25, 0.3) is 0 Å². The summed E-state index contributed by atoms with van der Waals surface area (Å²) in [7, 11) is 1.73. The molecule has 0 aliphatic rings. The molecule has 23 heavy (non-hydrogen) atoms. The smallest absolute Gasteiger partial charge is 0.416 e. The van der Waals surface area contributed by atoms with Gasteiger partial charge in [-0.15, -0.1) is 0 Å². The number of nitrogens with one attached hydrogen (secondary N) is 2. The predicted molar refractivity (Wildman–Crippen MR) is 79.0 cm³/mol. The summed E-state index contributed by atoms with van der Waals surface area (Å²) >= 11 is 0. The van der Waals surface area contributed by atoms with Gasteiger partial charge in [-0.3, -0.25) is 4.79 Å². The number of rotatable bonds is 8. The number of halogens is 3. The number of aliphatic hydroxyl groups is 1. The Labute approximate surface area is 132 Å². The van der Waals surface area contributed by atoms with Gasteiger partial charge in [-0.25, -0.2) is 0 Å². The van der Waals surface area contributed by atoms with E-state index in [4.69, 9.17) is 4.74 Å². The van der Waals surface area contributed by atoms with E-state index in [0.717, 1.165) is 12.1 Å². The average molecular weight is 334 g/mol. The molecule has 3 N–H and O–H groups in total. The van der Waals surface area contributed by atoms with Crippen LogP contribution in [0.4, 0.5) is 13.2 Å². The second-order valence-electron chi connectivity index (χ2n) is 5.19. The molecule has 5 nitrogen and oxygen atoms in total. The van der Waals surface area contributed by atoms with Crippen LogP contribution >= 0.6 is 0 Å². The predicted octanol–water partition coefficient (Wildman–Crippen LogP) is 1.42. The second kappa shape index (κ2) is 8.73. The Balaban J connectivity index is 2.36. The number of amides is 1. The molecular formula is C15H21F3N2O3. The van der Waals surface area contributed by atoms with Crippen LogP contribution < -0.4 is 15.4 Å². The minimum Gasteiger partial charge on any atom is -0.491 e. The van der Waals surface area contributed by atoms with E-state index in [1.54, 1.807) is 14.0 Å². The van der Waals surface area contributed by atoms with Crippen molar-refractivity contribution in [2.24, 2.45) is 5.92 Å². The first-order valence-electron chi connectivity index (χ1n) is 7.14. The fourth-order valence-electron chi connectivity index (χ4n) is 1.78. The van der Waals surface area contributed by atoms with Crippen molar-refractivity contribution in [3.63, 3.8) is 0 Å². The molecule has 0 fully saturated rings. The lowest BCUT2D eigenvalue weighted by molar-refractivity contribution is -0.137. The molecule has 0 aliphatic carbocycles. The monoisotopic (exact) mass is 334 g/mol. The van der Waals surface area contributed by atoms with Crippen LogP contribution in [0.5, 0.6) is 5.75 Å². The SMILES string of the molecule is CNCC(C)C(=O)NCC(O)COc1ccc(C(F)(F)F)cc1. The van der Waals surface area contributed by atoms with Crippen molar-refractivity contribution < 1.29 is 27.8 Å². The van der Waals surface area contributed by atoms with Crippen molar-refractivity contribution in [2.45, 2.75) is 19.2 Å². The first-order valence-corrected chi connectivity index (χ1v) is 7.14. The van der Waals surface area contributed by atoms with Gasteiger partial charge < -0.3 is 20.5 Å². The summed E-state index contributed by atoms with van der Waals surface area (Å²) in [5.74, 6) is -0.220. The Morgan fingerprint density at radius 2 is 1.87 bits per heavy atom. The van der Waals surface area contributed by atoms with E-state index in [1.165, 1.54) is 12.1 Å². The van der Waals surface area contributed by atoms with Crippen LogP contribution in [0.25, 0.3) is 0 Å². The molecule has 0 bridgehead atoms. The number of hydrogen-bond donors (Lipinski definition) is 3. The van der Waals surface area contributed by atoms with Crippen LogP contribution in [0.1, 0.15) is 12.5 Å². The molecular weight excluding hydrogens is 313 g/mol. The van der Waals surface area contributed by atoms with Crippen molar-refractivity contribution >= 4 is 5.91 Å². The number of hydrogen-bond acceptors (Lipinski definition) is 4. The highest BCUT2D eigenvalue weighted by atomic mass is 19.4. The maximum Gasteiger partial charge on any atom is 0.416 e. The number of aliphatic hydroxyl groups excluding tert-OH is 1. The van der Waals surface area contributed by atoms with Gasteiger partial charge in [0, 0.05) is 19.0 Å². The fourth-order valence-corrected chi connectivity index (χ4v) is 1.78. The molecule has 1 aromatic carbocycles. The van der Waals surface area contributed by atoms with E-state index in [1.807, 2.05) is 0 Å². The zero-order valence-corrected chi connectivity index (χ0v) is 13.0. The van der Waals surface area contributed by atoms with Gasteiger partial charge in [0.1, 0.15) is 18.5 Å². The summed E-state index contributed by atoms with van der Waals surface area (Å²) in [6, 6.07) is 4.18. The Kier molecular flexibility index (Phi) is 7.31. The number of carbonyl (C=O) groups is 1. The van der Waals surface area contributed by atoms with Crippen molar-refractivity contribution in [3.8, 4) is 5.75 Å². The van der Waals surface area contributed by atoms with Crippen LogP contribution in [0.3, 0.4) is 0 Å². The molecule has 2 unspecified atom stereocenters. The Bertz CT molecular complexity index is 492. The maximum atomic E-state index is 12.4. The van der Waals surface area contributed by atoms with Gasteiger partial charge in [-0.2, -0.15) is 13.2 Å². The third-order valence-corrected chi connectivity index (χ3v) is 3.09. The van der Waals surface area contributed by atoms with E-state index >= 15 is 0 Å². The minimum atomic E-state index is -4.40. The summed E-state index contributed by atoms with van der Waals surface area (Å²) in [6.45, 7) is 2.14. The van der Waals surface area contributed by atoms with Gasteiger partial charge in [0.2, 0.25) is 5.91 Å². The van der Waals surface area contributed by atoms with Gasteiger partial charge in [-0.05, 0) is 31.3 Å². The highest BCUT2D eigenvalue weighted by Gasteiger charge is 2.30. The molecule has 0 heterocycles. The first-order chi connectivity index (χ1) is 10.7. The topological polar surface area (TPSA) is 70.6 Å². The molecule has 130 valence electrons. The number of benzene rings is 1. The Morgan fingerprint density at radius 1 is 1.26 bits per heavy atom. The molecule has 1 rings (SSSR count). The van der Waals surface area contributed by atoms with Crippen LogP contribution in [-0.2, 0) is 11.0 Å². The summed E-state index contributed by atoms with van der Waals surface area (Å²) in [6.07, 6.45) is -5.35. The summed E-state index contributed by atoms with van der Waals surface area (Å²) in [5, 5.41) is 15.2. The highest BCUT2D eigenvalue weighted by molar-refractivity contribution is 5.78. The van der Waals surface area contributed by atoms with Crippen molar-refractivity contribution in [1.29, 1.82) is 0 Å². The van der Waals surface area contributed by atoms with E-state index in [0.29, 0.717) is 6.54 Å². The standard InChI is InChI=1S/C15H21F3N2O3/c1-10(7-19-2)14(22)20-8-12(21)9-23-13-5-3-11(4-6-13)15(16,17)18/h3-6,10,12,19,21H,7-9H2,1-2H3,(H,20,22). The average Bonchev–Trinajstić information content (AvgIpc) is 2.50. The third kappa shape index (κ3) is 6.87. The second-order valence-corrected chi connectivity index (χ2v) is 5.19. The van der Waals surface area contributed by atoms with Crippen LogP contribution in [0, 0.1) is 5.92 Å². The molecule has 0 saturated carbocycles. The maximum absolute atomic E-state index is 12.4. The van der Waals surface area contributed by atoms with Crippen molar-refractivity contribution in [3.05, 3.63) is 29.8 Å². The zero-order valence-electron chi connectivity index (χ0n) is 13.0. The van der Waals surface area contributed by atoms with E-state index in [2.05, 4.69) is 10.6 Å². The Hall–Kier alpha value is -1.80. The zero-order chi connectivity index (χ0) is 17.5. The van der Waals surface area contributed by atoms with Gasteiger partial charge in [0.15, 0.2) is 0 Å². The quantitative estimate of drug-likeness (QED) is 0.672. The largest absolute Gasteiger partial charge is 0.491 e. The van der Waals surface area contributed by atoms with Gasteiger partial charge >= 0.3 is 6.18 Å². The lowest BCUT2D eigenvalue weighted by Gasteiger charge is -2.16. The molecule has 0 aromatic heterocycles. The van der Waals surface area contributed by atoms with Gasteiger partial charge in [-0.1, -0.05) is 6.92 Å². The summed E-state index contributed by atoms with van der Waals surface area (Å²) < 4.78 is 42.4. The molecule has 8 heteroatoms. The van der Waals surface area contributed by atoms with E-state index in [9.17, 15) is 23.1 Å². The summed E-state index contributed by atoms with van der Waals surface area (Å²) in [5.41, 5.74) is -0.767. The molecule has 0 aliphatic heterocycles. The van der Waals surface area contributed by atoms with E-state index in [-0.39, 0.29) is 30.7 Å². The van der Waals surface area contributed by atoms with Crippen molar-refractivity contribution in [1.82, 2.24) is 10.6 Å². The lowest BCUT2D eigenvalue weighted by atomic mass is 10.1. The highest BCUT2D eigenvalue weighted by Crippen LogP contribution is 2.30. The van der Waals surface area contributed by atoms with Gasteiger partial charge in [0.05, 0.1) is 5.56 Å². The van der Waals surface area contributed by atoms with Crippen LogP contribution in [-0.4, -0.2) is 43.9 Å². The fraction of sp³-hybridized carbons (Fsp3) is 0.533. The molecule has 0 radical (unpaired) electrons. The molecule has 2 atom stereocenters. The number of ether oxygens (including phenoxy) is 1. The van der Waals surface area contributed by atoms with Crippen LogP contribution in [0.2, 0.25) is 0 Å². The molecule has 1 aromatic rings. The molecule has 0 saturated heterocycles. The first kappa shape index (κ1) is 19.2. The lowest BCUT2D eigenvalue weighted by Crippen LogP contribution is -2.40. The number of carbonyl (C=O) groups excluding carboxylic acids is 1.